The van der Waals surface area contributed by atoms with Crippen molar-refractivity contribution in [2.24, 2.45) is 0 Å². The third-order valence-electron chi connectivity index (χ3n) is 7.57. The van der Waals surface area contributed by atoms with E-state index in [4.69, 9.17) is 0 Å². The number of amides is 2. The standard InChI is InChI=1S/C29H37N5O2S/c1-2-3-4-5-6-7-8-9-16-32-17-19-33(20-18-32)25-14-13-24-26-22(25)11-10-12-23(26)27(35)34(28(24)36)31-29-30-15-21-37-29/h10-15,21H,2-9,16-20H2,1H3,(H,30,31). The van der Waals surface area contributed by atoms with Gasteiger partial charge in [0.25, 0.3) is 11.8 Å². The second kappa shape index (κ2) is 12.0. The first-order chi connectivity index (χ1) is 18.2. The summed E-state index contributed by atoms with van der Waals surface area (Å²) in [5.41, 5.74) is 5.09. The third-order valence-corrected chi connectivity index (χ3v) is 8.24. The molecule has 37 heavy (non-hydrogen) atoms. The van der Waals surface area contributed by atoms with E-state index >= 15 is 0 Å². The normalized spacial score (nSPS) is 16.1. The van der Waals surface area contributed by atoms with Gasteiger partial charge in [0.1, 0.15) is 0 Å². The molecule has 7 nitrogen and oxygen atoms in total. The predicted molar refractivity (Wildman–Crippen MR) is 151 cm³/mol. The van der Waals surface area contributed by atoms with Gasteiger partial charge in [0.15, 0.2) is 0 Å². The van der Waals surface area contributed by atoms with Gasteiger partial charge in [-0.15, -0.1) is 11.3 Å². The lowest BCUT2D eigenvalue weighted by Crippen LogP contribution is -2.47. The molecule has 2 aliphatic rings. The van der Waals surface area contributed by atoms with Crippen LogP contribution in [-0.4, -0.2) is 59.4 Å². The molecule has 0 unspecified atom stereocenters. The Bertz CT molecular complexity index is 1200. The number of carbonyl (C=O) groups is 2. The zero-order valence-electron chi connectivity index (χ0n) is 21.7. The first kappa shape index (κ1) is 25.7. The van der Waals surface area contributed by atoms with Crippen molar-refractivity contribution in [2.45, 2.75) is 58.3 Å². The fourth-order valence-corrected chi connectivity index (χ4v) is 6.03. The van der Waals surface area contributed by atoms with E-state index in [1.807, 2.05) is 30.3 Å². The monoisotopic (exact) mass is 519 g/mol. The van der Waals surface area contributed by atoms with Crippen LogP contribution >= 0.6 is 11.3 Å². The molecule has 1 saturated heterocycles. The first-order valence-electron chi connectivity index (χ1n) is 13.8. The molecule has 0 atom stereocenters. The highest BCUT2D eigenvalue weighted by atomic mass is 32.1. The quantitative estimate of drug-likeness (QED) is 0.228. The Labute approximate surface area is 223 Å². The Morgan fingerprint density at radius 2 is 1.57 bits per heavy atom. The number of thiazole rings is 1. The summed E-state index contributed by atoms with van der Waals surface area (Å²) in [7, 11) is 0. The number of carbonyl (C=O) groups excluding carboxylic acids is 2. The molecule has 0 saturated carbocycles. The number of aromatic nitrogens is 1. The first-order valence-corrected chi connectivity index (χ1v) is 14.6. The van der Waals surface area contributed by atoms with Crippen molar-refractivity contribution in [3.63, 3.8) is 0 Å². The Morgan fingerprint density at radius 3 is 2.27 bits per heavy atom. The van der Waals surface area contributed by atoms with Crippen LogP contribution in [0.25, 0.3) is 10.8 Å². The van der Waals surface area contributed by atoms with E-state index in [0.717, 1.165) is 47.6 Å². The number of hydrogen-bond donors (Lipinski definition) is 1. The summed E-state index contributed by atoms with van der Waals surface area (Å²) in [6, 6.07) is 9.68. The van der Waals surface area contributed by atoms with Crippen molar-refractivity contribution in [3.05, 3.63) is 53.0 Å². The molecule has 196 valence electrons. The molecule has 1 N–H and O–H groups in total. The van der Waals surface area contributed by atoms with Crippen LogP contribution in [0.2, 0.25) is 0 Å². The van der Waals surface area contributed by atoms with E-state index in [9.17, 15) is 9.59 Å². The van der Waals surface area contributed by atoms with Crippen LogP contribution in [0.4, 0.5) is 10.8 Å². The summed E-state index contributed by atoms with van der Waals surface area (Å²) < 4.78 is 0. The molecular formula is C29H37N5O2S. The Kier molecular flexibility index (Phi) is 8.36. The molecule has 0 bridgehead atoms. The maximum atomic E-state index is 13.3. The van der Waals surface area contributed by atoms with Gasteiger partial charge in [0, 0.05) is 54.2 Å². The largest absolute Gasteiger partial charge is 0.368 e. The minimum absolute atomic E-state index is 0.342. The molecular weight excluding hydrogens is 482 g/mol. The highest BCUT2D eigenvalue weighted by molar-refractivity contribution is 7.13. The van der Waals surface area contributed by atoms with Gasteiger partial charge in [0.05, 0.1) is 11.1 Å². The summed E-state index contributed by atoms with van der Waals surface area (Å²) in [5, 5.41) is 5.13. The fraction of sp³-hybridized carbons (Fsp3) is 0.483. The molecule has 0 radical (unpaired) electrons. The summed E-state index contributed by atoms with van der Waals surface area (Å²) in [5.74, 6) is -0.684. The summed E-state index contributed by atoms with van der Waals surface area (Å²) in [4.78, 5) is 35.7. The minimum atomic E-state index is -0.342. The second-order valence-corrected chi connectivity index (χ2v) is 11.0. The van der Waals surface area contributed by atoms with Gasteiger partial charge in [-0.3, -0.25) is 19.9 Å². The highest BCUT2D eigenvalue weighted by Gasteiger charge is 2.34. The topological polar surface area (TPSA) is 68.8 Å². The molecule has 0 spiro atoms. The van der Waals surface area contributed by atoms with E-state index in [0.29, 0.717) is 16.3 Å². The number of nitrogens with one attached hydrogen (secondary N) is 1. The number of benzene rings is 2. The molecule has 3 aromatic rings. The Balaban J connectivity index is 1.21. The zero-order chi connectivity index (χ0) is 25.6. The molecule has 3 heterocycles. The van der Waals surface area contributed by atoms with E-state index in [1.54, 1.807) is 11.6 Å². The van der Waals surface area contributed by atoms with Crippen molar-refractivity contribution in [1.82, 2.24) is 14.9 Å². The van der Waals surface area contributed by atoms with Crippen LogP contribution in [0.15, 0.2) is 41.9 Å². The number of imide groups is 1. The molecule has 1 aromatic heterocycles. The van der Waals surface area contributed by atoms with Gasteiger partial charge in [-0.05, 0) is 31.2 Å². The minimum Gasteiger partial charge on any atom is -0.368 e. The molecule has 0 aliphatic carbocycles. The molecule has 2 aromatic carbocycles. The predicted octanol–water partition coefficient (Wildman–Crippen LogP) is 6.18. The summed E-state index contributed by atoms with van der Waals surface area (Å²) >= 11 is 1.35. The lowest BCUT2D eigenvalue weighted by molar-refractivity contribution is 0.0649. The van der Waals surface area contributed by atoms with Gasteiger partial charge in [0.2, 0.25) is 5.13 Å². The van der Waals surface area contributed by atoms with E-state index < -0.39 is 0 Å². The number of rotatable bonds is 12. The number of unbranched alkanes of at least 4 members (excludes halogenated alkanes) is 7. The number of piperazine rings is 1. The maximum absolute atomic E-state index is 13.3. The fourth-order valence-electron chi connectivity index (χ4n) is 5.51. The van der Waals surface area contributed by atoms with Crippen LogP contribution < -0.4 is 10.3 Å². The van der Waals surface area contributed by atoms with E-state index in [2.05, 4.69) is 27.1 Å². The van der Waals surface area contributed by atoms with Gasteiger partial charge >= 0.3 is 0 Å². The average molecular weight is 520 g/mol. The zero-order valence-corrected chi connectivity index (χ0v) is 22.6. The number of hydrogen-bond acceptors (Lipinski definition) is 7. The average Bonchev–Trinajstić information content (AvgIpc) is 3.45. The third kappa shape index (κ3) is 5.65. The highest BCUT2D eigenvalue weighted by Crippen LogP contribution is 2.36. The number of nitrogens with zero attached hydrogens (tertiary/aromatic N) is 4. The SMILES string of the molecule is CCCCCCCCCCN1CCN(c2ccc3c4c(cccc24)C(=O)N(Nc2nccs2)C3=O)CC1. The number of hydrazine groups is 1. The lowest BCUT2D eigenvalue weighted by Gasteiger charge is -2.37. The Morgan fingerprint density at radius 1 is 0.865 bits per heavy atom. The van der Waals surface area contributed by atoms with Crippen molar-refractivity contribution < 1.29 is 9.59 Å². The second-order valence-electron chi connectivity index (χ2n) is 10.1. The molecule has 8 heteroatoms. The molecule has 5 rings (SSSR count). The maximum Gasteiger partial charge on any atom is 0.280 e. The number of anilines is 2. The Hall–Kier alpha value is -2.97. The van der Waals surface area contributed by atoms with Gasteiger partial charge in [-0.1, -0.05) is 64.0 Å². The van der Waals surface area contributed by atoms with Gasteiger partial charge in [-0.2, -0.15) is 5.01 Å². The van der Waals surface area contributed by atoms with Crippen LogP contribution in [0.1, 0.15) is 79.0 Å². The van der Waals surface area contributed by atoms with Crippen LogP contribution in [0.5, 0.6) is 0 Å². The van der Waals surface area contributed by atoms with E-state index in [-0.39, 0.29) is 11.8 Å². The van der Waals surface area contributed by atoms with Crippen LogP contribution in [0, 0.1) is 0 Å². The van der Waals surface area contributed by atoms with Crippen molar-refractivity contribution >= 4 is 44.7 Å². The van der Waals surface area contributed by atoms with Crippen molar-refractivity contribution in [1.29, 1.82) is 0 Å². The van der Waals surface area contributed by atoms with Gasteiger partial charge < -0.3 is 4.90 Å². The van der Waals surface area contributed by atoms with Crippen LogP contribution in [-0.2, 0) is 0 Å². The van der Waals surface area contributed by atoms with Crippen molar-refractivity contribution in [2.75, 3.05) is 43.0 Å². The van der Waals surface area contributed by atoms with Crippen molar-refractivity contribution in [3.8, 4) is 0 Å². The van der Waals surface area contributed by atoms with Gasteiger partial charge in [-0.25, -0.2) is 4.98 Å². The smallest absolute Gasteiger partial charge is 0.280 e. The van der Waals surface area contributed by atoms with E-state index in [1.165, 1.54) is 69.2 Å². The summed E-state index contributed by atoms with van der Waals surface area (Å²) in [6.07, 6.45) is 12.5. The van der Waals surface area contributed by atoms with Crippen LogP contribution in [0.3, 0.4) is 0 Å². The molecule has 2 amide bonds. The summed E-state index contributed by atoms with van der Waals surface area (Å²) in [6.45, 7) is 7.44. The molecule has 1 fully saturated rings. The lowest BCUT2D eigenvalue weighted by atomic mass is 9.93. The molecule has 2 aliphatic heterocycles.